The van der Waals surface area contributed by atoms with Crippen molar-refractivity contribution in [1.29, 1.82) is 0 Å². The molecule has 0 aliphatic rings. The fourth-order valence-corrected chi connectivity index (χ4v) is 3.18. The zero-order valence-electron chi connectivity index (χ0n) is 12.6. The van der Waals surface area contributed by atoms with Crippen LogP contribution in [-0.2, 0) is 15.6 Å². The number of benzene rings is 2. The molecule has 0 amide bonds. The molecule has 0 aliphatic carbocycles. The summed E-state index contributed by atoms with van der Waals surface area (Å²) in [5.74, 6) is 0. The average Bonchev–Trinajstić information content (AvgIpc) is 2.52. The molecule has 0 saturated heterocycles. The molecular formula is C15H11F6NO3S. The minimum atomic E-state index is -6.07. The summed E-state index contributed by atoms with van der Waals surface area (Å²) in [5, 5.41) is 9.37. The normalized spacial score (nSPS) is 13.5. The van der Waals surface area contributed by atoms with E-state index < -0.39 is 39.2 Å². The van der Waals surface area contributed by atoms with E-state index in [0.29, 0.717) is 6.07 Å². The van der Waals surface area contributed by atoms with Crippen LogP contribution in [0.5, 0.6) is 0 Å². The predicted molar refractivity (Wildman–Crippen MR) is 79.7 cm³/mol. The van der Waals surface area contributed by atoms with Gasteiger partial charge in [-0.25, -0.2) is 8.42 Å². The molecule has 0 aromatic heterocycles. The Morgan fingerprint density at radius 1 is 0.808 bits per heavy atom. The molecule has 2 N–H and O–H groups in total. The number of sulfonamides is 1. The lowest BCUT2D eigenvalue weighted by Crippen LogP contribution is -2.53. The smallest absolute Gasteiger partial charge is 0.369 e. The summed E-state index contributed by atoms with van der Waals surface area (Å²) >= 11 is 0. The highest BCUT2D eigenvalue weighted by Gasteiger charge is 2.71. The molecule has 0 saturated carbocycles. The second-order valence-electron chi connectivity index (χ2n) is 5.21. The van der Waals surface area contributed by atoms with Crippen LogP contribution in [-0.4, -0.2) is 25.9 Å². The highest BCUT2D eigenvalue weighted by atomic mass is 32.2. The first-order chi connectivity index (χ1) is 11.8. The maximum absolute atomic E-state index is 12.9. The first-order valence-corrected chi connectivity index (χ1v) is 8.31. The molecule has 0 heterocycles. The van der Waals surface area contributed by atoms with Crippen LogP contribution in [0.4, 0.5) is 32.0 Å². The third-order valence-corrected chi connectivity index (χ3v) is 4.80. The van der Waals surface area contributed by atoms with Gasteiger partial charge in [0, 0.05) is 11.3 Å². The van der Waals surface area contributed by atoms with Gasteiger partial charge in [-0.1, -0.05) is 30.3 Å². The van der Waals surface area contributed by atoms with Crippen molar-refractivity contribution in [3.05, 3.63) is 60.2 Å². The Labute approximate surface area is 144 Å². The number of aliphatic hydroxyl groups is 1. The summed E-state index contributed by atoms with van der Waals surface area (Å²) in [6, 6.07) is 9.07. The number of hydrogen-bond donors (Lipinski definition) is 2. The average molecular weight is 399 g/mol. The summed E-state index contributed by atoms with van der Waals surface area (Å²) in [7, 11) is -4.24. The number of rotatable bonds is 4. The second-order valence-corrected chi connectivity index (χ2v) is 6.89. The van der Waals surface area contributed by atoms with Crippen LogP contribution in [0, 0.1) is 0 Å². The summed E-state index contributed by atoms with van der Waals surface area (Å²) in [5.41, 5.74) is -7.28. The first-order valence-electron chi connectivity index (χ1n) is 6.83. The lowest BCUT2D eigenvalue weighted by Gasteiger charge is -2.32. The van der Waals surface area contributed by atoms with Crippen molar-refractivity contribution in [2.24, 2.45) is 0 Å². The van der Waals surface area contributed by atoms with Crippen LogP contribution in [0.25, 0.3) is 0 Å². The van der Waals surface area contributed by atoms with Gasteiger partial charge in [0.2, 0.25) is 0 Å². The number of alkyl halides is 6. The predicted octanol–water partition coefficient (Wildman–Crippen LogP) is 3.80. The number of nitrogens with one attached hydrogen (secondary N) is 1. The Bertz CT molecular complexity index is 864. The number of anilines is 1. The summed E-state index contributed by atoms with van der Waals surface area (Å²) in [6.45, 7) is 0. The van der Waals surface area contributed by atoms with Crippen molar-refractivity contribution in [3.63, 3.8) is 0 Å². The molecule has 2 aromatic carbocycles. The molecule has 0 spiro atoms. The van der Waals surface area contributed by atoms with Gasteiger partial charge in [0.15, 0.2) is 0 Å². The maximum Gasteiger partial charge on any atom is 0.430 e. The van der Waals surface area contributed by atoms with Gasteiger partial charge in [0.1, 0.15) is 0 Å². The highest BCUT2D eigenvalue weighted by molar-refractivity contribution is 7.92. The summed E-state index contributed by atoms with van der Waals surface area (Å²) in [6.07, 6.45) is -12.1. The zero-order valence-corrected chi connectivity index (χ0v) is 13.5. The topological polar surface area (TPSA) is 66.4 Å². The van der Waals surface area contributed by atoms with E-state index in [2.05, 4.69) is 0 Å². The fraction of sp³-hybridized carbons (Fsp3) is 0.200. The van der Waals surface area contributed by atoms with Crippen LogP contribution in [0.15, 0.2) is 59.5 Å². The van der Waals surface area contributed by atoms with E-state index in [0.717, 1.165) is 12.1 Å². The molecule has 26 heavy (non-hydrogen) atoms. The molecule has 142 valence electrons. The number of halogens is 6. The van der Waals surface area contributed by atoms with Gasteiger partial charge in [-0.3, -0.25) is 4.72 Å². The van der Waals surface area contributed by atoms with Gasteiger partial charge in [0.25, 0.3) is 15.6 Å². The molecule has 0 fully saturated rings. The quantitative estimate of drug-likeness (QED) is 0.769. The van der Waals surface area contributed by atoms with Gasteiger partial charge in [0.05, 0.1) is 4.90 Å². The Morgan fingerprint density at radius 3 is 1.85 bits per heavy atom. The van der Waals surface area contributed by atoms with Gasteiger partial charge in [-0.2, -0.15) is 26.3 Å². The van der Waals surface area contributed by atoms with Gasteiger partial charge in [-0.15, -0.1) is 0 Å². The van der Waals surface area contributed by atoms with Gasteiger partial charge >= 0.3 is 12.4 Å². The van der Waals surface area contributed by atoms with Crippen LogP contribution in [0.1, 0.15) is 5.56 Å². The third kappa shape index (κ3) is 3.63. The third-order valence-electron chi connectivity index (χ3n) is 3.41. The largest absolute Gasteiger partial charge is 0.430 e. The van der Waals surface area contributed by atoms with Gasteiger partial charge < -0.3 is 5.11 Å². The zero-order chi connectivity index (χ0) is 19.8. The van der Waals surface area contributed by atoms with Crippen molar-refractivity contribution in [3.8, 4) is 0 Å². The minimum Gasteiger partial charge on any atom is -0.369 e. The number of hydrogen-bond acceptors (Lipinski definition) is 3. The van der Waals surface area contributed by atoms with Crippen LogP contribution < -0.4 is 4.72 Å². The monoisotopic (exact) mass is 399 g/mol. The molecule has 4 nitrogen and oxygen atoms in total. The van der Waals surface area contributed by atoms with Crippen molar-refractivity contribution < 1.29 is 39.9 Å². The molecule has 0 bridgehead atoms. The Balaban J connectivity index is 2.48. The van der Waals surface area contributed by atoms with Crippen molar-refractivity contribution in [2.45, 2.75) is 22.8 Å². The molecule has 11 heteroatoms. The molecular weight excluding hydrogens is 388 g/mol. The van der Waals surface area contributed by atoms with E-state index in [1.165, 1.54) is 30.3 Å². The van der Waals surface area contributed by atoms with E-state index >= 15 is 0 Å². The van der Waals surface area contributed by atoms with Crippen molar-refractivity contribution >= 4 is 15.7 Å². The molecule has 2 rings (SSSR count). The van der Waals surface area contributed by atoms with Crippen molar-refractivity contribution in [2.75, 3.05) is 4.72 Å². The van der Waals surface area contributed by atoms with E-state index in [1.807, 2.05) is 4.72 Å². The van der Waals surface area contributed by atoms with Crippen LogP contribution in [0.3, 0.4) is 0 Å². The van der Waals surface area contributed by atoms with E-state index in [9.17, 15) is 39.9 Å². The Kier molecular flexibility index (Phi) is 4.99. The standard InChI is InChI=1S/C15H11F6NO3S/c16-14(17,18)13(23,15(19,20)21)10-5-4-6-11(9-10)22-26(24,25)12-7-2-1-3-8-12/h1-9,22-23H. The Morgan fingerprint density at radius 2 is 1.35 bits per heavy atom. The summed E-state index contributed by atoms with van der Waals surface area (Å²) < 4.78 is 104. The van der Waals surface area contributed by atoms with Crippen LogP contribution >= 0.6 is 0 Å². The molecule has 0 aliphatic heterocycles. The Hall–Kier alpha value is -2.27. The maximum atomic E-state index is 12.9. The molecule has 0 unspecified atom stereocenters. The van der Waals surface area contributed by atoms with E-state index in [1.54, 1.807) is 0 Å². The summed E-state index contributed by atoms with van der Waals surface area (Å²) in [4.78, 5) is -0.243. The lowest BCUT2D eigenvalue weighted by molar-refractivity contribution is -0.376. The van der Waals surface area contributed by atoms with Crippen LogP contribution in [0.2, 0.25) is 0 Å². The first kappa shape index (κ1) is 20.0. The molecule has 0 radical (unpaired) electrons. The second kappa shape index (κ2) is 6.47. The highest BCUT2D eigenvalue weighted by Crippen LogP contribution is 2.50. The van der Waals surface area contributed by atoms with Gasteiger partial charge in [-0.05, 0) is 24.3 Å². The lowest BCUT2D eigenvalue weighted by atomic mass is 9.92. The van der Waals surface area contributed by atoms with E-state index in [4.69, 9.17) is 0 Å². The molecule has 2 aromatic rings. The van der Waals surface area contributed by atoms with E-state index in [-0.39, 0.29) is 11.0 Å². The van der Waals surface area contributed by atoms with Crippen molar-refractivity contribution in [1.82, 2.24) is 0 Å². The minimum absolute atomic E-state index is 0.243. The SMILES string of the molecule is O=S(=O)(Nc1cccc(C(O)(C(F)(F)F)C(F)(F)F)c1)c1ccccc1. The molecule has 0 atom stereocenters. The fourth-order valence-electron chi connectivity index (χ4n) is 2.11.